The van der Waals surface area contributed by atoms with Gasteiger partial charge in [0.05, 0.1) is 22.8 Å². The van der Waals surface area contributed by atoms with E-state index in [1.54, 1.807) is 36.7 Å². The number of nitrogens with zero attached hydrogens (tertiary/aromatic N) is 3. The second kappa shape index (κ2) is 7.21. The van der Waals surface area contributed by atoms with E-state index in [1.165, 1.54) is 7.11 Å². The molecule has 0 fully saturated rings. The van der Waals surface area contributed by atoms with Crippen LogP contribution in [-0.4, -0.2) is 22.1 Å². The molecule has 0 saturated heterocycles. The zero-order valence-corrected chi connectivity index (χ0v) is 14.7. The first-order chi connectivity index (χ1) is 11.6. The highest BCUT2D eigenvalue weighted by atomic mass is 35.5. The van der Waals surface area contributed by atoms with Crippen LogP contribution in [0.15, 0.2) is 42.7 Å². The largest absolute Gasteiger partial charge is 0.495 e. The van der Waals surface area contributed by atoms with Crippen LogP contribution in [0.5, 0.6) is 5.75 Å². The lowest BCUT2D eigenvalue weighted by Crippen LogP contribution is -1.99. The van der Waals surface area contributed by atoms with Crippen LogP contribution in [0.1, 0.15) is 0 Å². The number of hydrogen-bond donors (Lipinski definition) is 1. The first-order valence-electron chi connectivity index (χ1n) is 6.82. The smallest absolute Gasteiger partial charge is 0.164 e. The molecule has 122 valence electrons. The third-order valence-electron chi connectivity index (χ3n) is 3.12. The Morgan fingerprint density at radius 2 is 1.88 bits per heavy atom. The van der Waals surface area contributed by atoms with E-state index >= 15 is 0 Å². The predicted molar refractivity (Wildman–Crippen MR) is 96.6 cm³/mol. The molecule has 0 bridgehead atoms. The number of methoxy groups -OCH3 is 1. The number of hydrogen-bond acceptors (Lipinski definition) is 5. The number of pyridine rings is 1. The van der Waals surface area contributed by atoms with Gasteiger partial charge < -0.3 is 10.1 Å². The lowest BCUT2D eigenvalue weighted by atomic mass is 10.2. The Bertz CT molecular complexity index is 875. The van der Waals surface area contributed by atoms with E-state index in [9.17, 15) is 0 Å². The number of rotatable bonds is 4. The first kappa shape index (κ1) is 16.8. The minimum absolute atomic E-state index is 0.295. The van der Waals surface area contributed by atoms with Crippen molar-refractivity contribution < 1.29 is 4.74 Å². The van der Waals surface area contributed by atoms with Gasteiger partial charge in [0.25, 0.3) is 0 Å². The van der Waals surface area contributed by atoms with Crippen LogP contribution >= 0.6 is 34.8 Å². The van der Waals surface area contributed by atoms with Crippen LogP contribution in [-0.2, 0) is 0 Å². The molecular formula is C16H11Cl3N4O. The molecule has 5 nitrogen and oxygen atoms in total. The van der Waals surface area contributed by atoms with E-state index in [1.807, 2.05) is 6.07 Å². The molecule has 2 aromatic heterocycles. The van der Waals surface area contributed by atoms with Crippen molar-refractivity contribution in [3.63, 3.8) is 0 Å². The van der Waals surface area contributed by atoms with Gasteiger partial charge in [0.2, 0.25) is 0 Å². The van der Waals surface area contributed by atoms with Crippen LogP contribution in [0.25, 0.3) is 11.4 Å². The molecule has 3 rings (SSSR count). The lowest BCUT2D eigenvalue weighted by Gasteiger charge is -2.12. The summed E-state index contributed by atoms with van der Waals surface area (Å²) in [5.41, 5.74) is 1.34. The molecule has 0 amide bonds. The molecule has 2 heterocycles. The van der Waals surface area contributed by atoms with Crippen LogP contribution in [0, 0.1) is 0 Å². The Labute approximate surface area is 153 Å². The van der Waals surface area contributed by atoms with Crippen LogP contribution in [0.2, 0.25) is 15.2 Å². The fourth-order valence-corrected chi connectivity index (χ4v) is 2.72. The van der Waals surface area contributed by atoms with Crippen LogP contribution in [0.3, 0.4) is 0 Å². The van der Waals surface area contributed by atoms with E-state index in [0.29, 0.717) is 38.3 Å². The maximum absolute atomic E-state index is 6.22. The summed E-state index contributed by atoms with van der Waals surface area (Å²) in [6.07, 6.45) is 3.33. The molecular weight excluding hydrogens is 371 g/mol. The molecule has 0 radical (unpaired) electrons. The second-order valence-electron chi connectivity index (χ2n) is 4.73. The summed E-state index contributed by atoms with van der Waals surface area (Å²) >= 11 is 18.4. The van der Waals surface area contributed by atoms with Gasteiger partial charge in [-0.2, -0.15) is 0 Å². The normalized spacial score (nSPS) is 10.5. The number of aromatic nitrogens is 3. The van der Waals surface area contributed by atoms with E-state index < -0.39 is 0 Å². The Kier molecular flexibility index (Phi) is 5.04. The summed E-state index contributed by atoms with van der Waals surface area (Å²) in [5.74, 6) is 1.44. The van der Waals surface area contributed by atoms with Crippen molar-refractivity contribution in [1.29, 1.82) is 0 Å². The van der Waals surface area contributed by atoms with Crippen LogP contribution in [0.4, 0.5) is 11.5 Å². The Balaban J connectivity index is 1.98. The summed E-state index contributed by atoms with van der Waals surface area (Å²) in [6, 6.07) is 8.52. The molecule has 0 aliphatic carbocycles. The number of ether oxygens (including phenoxy) is 1. The van der Waals surface area contributed by atoms with Crippen molar-refractivity contribution in [2.75, 3.05) is 12.4 Å². The minimum atomic E-state index is 0.295. The molecule has 0 spiro atoms. The Hall–Kier alpha value is -2.08. The van der Waals surface area contributed by atoms with Crippen molar-refractivity contribution in [1.82, 2.24) is 15.0 Å². The standard InChI is InChI=1S/C16H11Cl3N4O/c1-24-13-6-12(10(17)5-11(13)18)21-15-7-14(19)22-16(23-15)9-3-2-4-20-8-9/h2-8H,1H3,(H,21,22,23). The van der Waals surface area contributed by atoms with E-state index in [0.717, 1.165) is 5.56 Å². The molecule has 0 saturated carbocycles. The van der Waals surface area contributed by atoms with Crippen molar-refractivity contribution >= 4 is 46.3 Å². The second-order valence-corrected chi connectivity index (χ2v) is 5.93. The summed E-state index contributed by atoms with van der Waals surface area (Å²) in [7, 11) is 1.53. The van der Waals surface area contributed by atoms with Crippen molar-refractivity contribution in [3.8, 4) is 17.1 Å². The van der Waals surface area contributed by atoms with Gasteiger partial charge in [0.1, 0.15) is 16.7 Å². The molecule has 8 heteroatoms. The van der Waals surface area contributed by atoms with Gasteiger partial charge in [-0.15, -0.1) is 0 Å². The molecule has 24 heavy (non-hydrogen) atoms. The molecule has 1 N–H and O–H groups in total. The Morgan fingerprint density at radius 1 is 1.04 bits per heavy atom. The maximum Gasteiger partial charge on any atom is 0.164 e. The zero-order chi connectivity index (χ0) is 17.1. The maximum atomic E-state index is 6.22. The average Bonchev–Trinajstić information content (AvgIpc) is 2.57. The average molecular weight is 382 g/mol. The topological polar surface area (TPSA) is 59.9 Å². The fraction of sp³-hybridized carbons (Fsp3) is 0.0625. The number of benzene rings is 1. The third kappa shape index (κ3) is 3.70. The molecule has 3 aromatic rings. The van der Waals surface area contributed by atoms with E-state index in [-0.39, 0.29) is 0 Å². The summed E-state index contributed by atoms with van der Waals surface area (Å²) in [4.78, 5) is 12.7. The minimum Gasteiger partial charge on any atom is -0.495 e. The molecule has 0 atom stereocenters. The molecule has 0 unspecified atom stereocenters. The summed E-state index contributed by atoms with van der Waals surface area (Å²) in [6.45, 7) is 0. The van der Waals surface area contributed by atoms with Gasteiger partial charge in [-0.3, -0.25) is 4.98 Å². The number of nitrogens with one attached hydrogen (secondary N) is 1. The molecule has 1 aromatic carbocycles. The first-order valence-corrected chi connectivity index (χ1v) is 7.95. The fourth-order valence-electron chi connectivity index (χ4n) is 2.03. The van der Waals surface area contributed by atoms with Crippen molar-refractivity contribution in [2.24, 2.45) is 0 Å². The summed E-state index contributed by atoms with van der Waals surface area (Å²) < 4.78 is 5.20. The zero-order valence-electron chi connectivity index (χ0n) is 12.4. The van der Waals surface area contributed by atoms with Gasteiger partial charge in [-0.1, -0.05) is 34.8 Å². The third-order valence-corrected chi connectivity index (χ3v) is 3.92. The van der Waals surface area contributed by atoms with Crippen molar-refractivity contribution in [2.45, 2.75) is 0 Å². The van der Waals surface area contributed by atoms with Crippen LogP contribution < -0.4 is 10.1 Å². The SMILES string of the molecule is COc1cc(Nc2cc(Cl)nc(-c3cccnc3)n2)c(Cl)cc1Cl. The molecule has 0 aliphatic rings. The van der Waals surface area contributed by atoms with Gasteiger partial charge in [0, 0.05) is 30.1 Å². The van der Waals surface area contributed by atoms with E-state index in [4.69, 9.17) is 39.5 Å². The van der Waals surface area contributed by atoms with Gasteiger partial charge in [0.15, 0.2) is 5.82 Å². The van der Waals surface area contributed by atoms with E-state index in [2.05, 4.69) is 20.3 Å². The monoisotopic (exact) mass is 380 g/mol. The van der Waals surface area contributed by atoms with Crippen molar-refractivity contribution in [3.05, 3.63) is 57.9 Å². The summed E-state index contributed by atoms with van der Waals surface area (Å²) in [5, 5.41) is 4.24. The predicted octanol–water partition coefficient (Wildman–Crippen LogP) is 5.25. The highest BCUT2D eigenvalue weighted by Gasteiger charge is 2.11. The molecule has 0 aliphatic heterocycles. The van der Waals surface area contributed by atoms with Gasteiger partial charge in [-0.05, 0) is 18.2 Å². The Morgan fingerprint density at radius 3 is 2.58 bits per heavy atom. The quantitative estimate of drug-likeness (QED) is 0.625. The number of halogens is 3. The van der Waals surface area contributed by atoms with Gasteiger partial charge >= 0.3 is 0 Å². The highest BCUT2D eigenvalue weighted by molar-refractivity contribution is 6.37. The highest BCUT2D eigenvalue weighted by Crippen LogP contribution is 2.35. The van der Waals surface area contributed by atoms with Gasteiger partial charge in [-0.25, -0.2) is 9.97 Å². The lowest BCUT2D eigenvalue weighted by molar-refractivity contribution is 0.415. The number of anilines is 2.